The molecule has 0 radical (unpaired) electrons. The van der Waals surface area contributed by atoms with E-state index in [2.05, 4.69) is 18.4 Å². The van der Waals surface area contributed by atoms with Gasteiger partial charge in [0.25, 0.3) is 0 Å². The van der Waals surface area contributed by atoms with E-state index >= 15 is 0 Å². The minimum Gasteiger partial charge on any atom is -0.467 e. The molecular weight excluding hydrogens is 266 g/mol. The molecule has 2 aromatic heterocycles. The predicted octanol–water partition coefficient (Wildman–Crippen LogP) is 3.42. The normalized spacial score (nSPS) is 19.7. The van der Waals surface area contributed by atoms with Crippen LogP contribution in [0.5, 0.6) is 0 Å². The van der Waals surface area contributed by atoms with Crippen molar-refractivity contribution in [1.82, 2.24) is 4.90 Å². The van der Waals surface area contributed by atoms with Gasteiger partial charge in [0.1, 0.15) is 11.1 Å². The van der Waals surface area contributed by atoms with Crippen molar-refractivity contribution in [2.24, 2.45) is 0 Å². The molecule has 3 heterocycles. The summed E-state index contributed by atoms with van der Waals surface area (Å²) in [6.45, 7) is 2.65. The van der Waals surface area contributed by atoms with E-state index in [1.165, 1.54) is 10.4 Å². The molecule has 94 valence electrons. The lowest BCUT2D eigenvalue weighted by Crippen LogP contribution is -2.27. The smallest absolute Gasteiger partial charge is 0.234 e. The maximum Gasteiger partial charge on any atom is 0.234 e. The molecule has 2 aromatic rings. The Bertz CT molecular complexity index is 547. The Balaban J connectivity index is 1.86. The van der Waals surface area contributed by atoms with Crippen molar-refractivity contribution in [1.29, 1.82) is 0 Å². The minimum atomic E-state index is 0.141. The van der Waals surface area contributed by atoms with E-state index in [1.54, 1.807) is 29.4 Å². The summed E-state index contributed by atoms with van der Waals surface area (Å²) in [5.41, 5.74) is 1.26. The highest BCUT2D eigenvalue weighted by molar-refractivity contribution is 8.00. The first-order chi connectivity index (χ1) is 8.75. The number of amides is 1. The molecule has 3 rings (SSSR count). The third-order valence-electron chi connectivity index (χ3n) is 3.00. The average Bonchev–Trinajstić information content (AvgIpc) is 3.05. The van der Waals surface area contributed by atoms with Gasteiger partial charge in [-0.15, -0.1) is 23.1 Å². The lowest BCUT2D eigenvalue weighted by Gasteiger charge is -2.22. The number of nitrogens with zero attached hydrogens (tertiary/aromatic N) is 1. The Morgan fingerprint density at radius 3 is 3.06 bits per heavy atom. The van der Waals surface area contributed by atoms with Gasteiger partial charge >= 0.3 is 0 Å². The lowest BCUT2D eigenvalue weighted by atomic mass is 10.2. The minimum absolute atomic E-state index is 0.141. The van der Waals surface area contributed by atoms with Crippen molar-refractivity contribution in [3.63, 3.8) is 0 Å². The molecule has 1 atom stereocenters. The van der Waals surface area contributed by atoms with Crippen molar-refractivity contribution in [2.75, 3.05) is 5.75 Å². The quantitative estimate of drug-likeness (QED) is 0.863. The highest BCUT2D eigenvalue weighted by Gasteiger charge is 2.34. The zero-order chi connectivity index (χ0) is 12.5. The van der Waals surface area contributed by atoms with Crippen molar-refractivity contribution >= 4 is 29.0 Å². The fourth-order valence-corrected chi connectivity index (χ4v) is 4.51. The molecule has 1 fully saturated rings. The van der Waals surface area contributed by atoms with Crippen LogP contribution in [0.1, 0.15) is 21.6 Å². The molecule has 0 bridgehead atoms. The van der Waals surface area contributed by atoms with Crippen molar-refractivity contribution in [3.8, 4) is 0 Å². The molecule has 1 unspecified atom stereocenters. The summed E-state index contributed by atoms with van der Waals surface area (Å²) in [6.07, 6.45) is 1.65. The molecular formula is C13H13NO2S2. The zero-order valence-corrected chi connectivity index (χ0v) is 11.6. The lowest BCUT2D eigenvalue weighted by molar-refractivity contribution is -0.128. The number of hydrogen-bond donors (Lipinski definition) is 0. The molecule has 1 aliphatic rings. The summed E-state index contributed by atoms with van der Waals surface area (Å²) in [5, 5.41) is 2.22. The number of thiophene rings is 1. The number of carbonyl (C=O) groups is 1. The fourth-order valence-electron chi connectivity index (χ4n) is 2.05. The maximum atomic E-state index is 12.0. The number of carbonyl (C=O) groups excluding carboxylic acids is 1. The van der Waals surface area contributed by atoms with E-state index in [4.69, 9.17) is 4.42 Å². The standard InChI is InChI=1S/C13H13NO2S2/c1-9-4-6-17-12(9)13-14(11(15)8-18-13)7-10-3-2-5-16-10/h2-6,13H,7-8H2,1H3. The Kier molecular flexibility index (Phi) is 3.18. The first-order valence-corrected chi connectivity index (χ1v) is 7.66. The second kappa shape index (κ2) is 4.82. The van der Waals surface area contributed by atoms with Gasteiger partial charge in [-0.3, -0.25) is 4.79 Å². The van der Waals surface area contributed by atoms with Crippen LogP contribution in [0.4, 0.5) is 0 Å². The molecule has 0 aliphatic carbocycles. The fraction of sp³-hybridized carbons (Fsp3) is 0.308. The monoisotopic (exact) mass is 279 g/mol. The van der Waals surface area contributed by atoms with E-state index in [9.17, 15) is 4.79 Å². The topological polar surface area (TPSA) is 33.5 Å². The summed E-state index contributed by atoms with van der Waals surface area (Å²) in [5.74, 6) is 1.59. The summed E-state index contributed by atoms with van der Waals surface area (Å²) < 4.78 is 5.34. The summed E-state index contributed by atoms with van der Waals surface area (Å²) in [7, 11) is 0. The molecule has 0 aromatic carbocycles. The number of hydrogen-bond acceptors (Lipinski definition) is 4. The first-order valence-electron chi connectivity index (χ1n) is 5.73. The van der Waals surface area contributed by atoms with Crippen LogP contribution in [-0.2, 0) is 11.3 Å². The molecule has 1 amide bonds. The third kappa shape index (κ3) is 2.08. The molecule has 0 saturated carbocycles. The van der Waals surface area contributed by atoms with Crippen LogP contribution in [0.3, 0.4) is 0 Å². The second-order valence-electron chi connectivity index (χ2n) is 4.23. The second-order valence-corrected chi connectivity index (χ2v) is 6.25. The van der Waals surface area contributed by atoms with Crippen LogP contribution in [0.25, 0.3) is 0 Å². The van der Waals surface area contributed by atoms with Crippen LogP contribution in [0.15, 0.2) is 34.3 Å². The summed E-state index contributed by atoms with van der Waals surface area (Å²) in [4.78, 5) is 15.2. The highest BCUT2D eigenvalue weighted by Crippen LogP contribution is 2.42. The van der Waals surface area contributed by atoms with Crippen LogP contribution in [-0.4, -0.2) is 16.6 Å². The van der Waals surface area contributed by atoms with E-state index in [-0.39, 0.29) is 11.3 Å². The van der Waals surface area contributed by atoms with Gasteiger partial charge in [-0.05, 0) is 36.1 Å². The Labute approximate surface area is 114 Å². The molecule has 5 heteroatoms. The highest BCUT2D eigenvalue weighted by atomic mass is 32.2. The van der Waals surface area contributed by atoms with Crippen molar-refractivity contribution in [2.45, 2.75) is 18.8 Å². The van der Waals surface area contributed by atoms with Gasteiger partial charge in [-0.2, -0.15) is 0 Å². The number of rotatable bonds is 3. The molecule has 0 spiro atoms. The maximum absolute atomic E-state index is 12.0. The average molecular weight is 279 g/mol. The molecule has 1 saturated heterocycles. The Morgan fingerprint density at radius 1 is 1.50 bits per heavy atom. The van der Waals surface area contributed by atoms with Crippen LogP contribution >= 0.6 is 23.1 Å². The SMILES string of the molecule is Cc1ccsc1C1SCC(=O)N1Cc1ccco1. The molecule has 3 nitrogen and oxygen atoms in total. The van der Waals surface area contributed by atoms with Crippen molar-refractivity contribution < 1.29 is 9.21 Å². The third-order valence-corrected chi connectivity index (χ3v) is 5.44. The number of aryl methyl sites for hydroxylation is 1. The predicted molar refractivity (Wildman–Crippen MR) is 73.5 cm³/mol. The van der Waals surface area contributed by atoms with Crippen LogP contribution in [0.2, 0.25) is 0 Å². The number of furan rings is 1. The molecule has 1 aliphatic heterocycles. The van der Waals surface area contributed by atoms with Crippen molar-refractivity contribution in [3.05, 3.63) is 46.0 Å². The molecule has 0 N–H and O–H groups in total. The van der Waals surface area contributed by atoms with Gasteiger partial charge < -0.3 is 9.32 Å². The van der Waals surface area contributed by atoms with Gasteiger partial charge in [0.05, 0.1) is 18.6 Å². The summed E-state index contributed by atoms with van der Waals surface area (Å²) in [6, 6.07) is 5.87. The number of thioether (sulfide) groups is 1. The Hall–Kier alpha value is -1.20. The summed E-state index contributed by atoms with van der Waals surface area (Å²) >= 11 is 3.42. The van der Waals surface area contributed by atoms with E-state index in [1.807, 2.05) is 17.0 Å². The van der Waals surface area contributed by atoms with E-state index in [0.29, 0.717) is 12.3 Å². The van der Waals surface area contributed by atoms with Gasteiger partial charge in [-0.1, -0.05) is 0 Å². The van der Waals surface area contributed by atoms with Gasteiger partial charge in [-0.25, -0.2) is 0 Å². The van der Waals surface area contributed by atoms with Crippen LogP contribution < -0.4 is 0 Å². The first kappa shape index (κ1) is 11.9. The van der Waals surface area contributed by atoms with Gasteiger partial charge in [0.2, 0.25) is 5.91 Å². The van der Waals surface area contributed by atoms with Gasteiger partial charge in [0.15, 0.2) is 0 Å². The molecule has 18 heavy (non-hydrogen) atoms. The van der Waals surface area contributed by atoms with Gasteiger partial charge in [0, 0.05) is 4.88 Å². The van der Waals surface area contributed by atoms with E-state index < -0.39 is 0 Å². The largest absolute Gasteiger partial charge is 0.467 e. The zero-order valence-electron chi connectivity index (χ0n) is 9.96. The Morgan fingerprint density at radius 2 is 2.39 bits per heavy atom. The van der Waals surface area contributed by atoms with Crippen LogP contribution in [0, 0.1) is 6.92 Å². The van der Waals surface area contributed by atoms with E-state index in [0.717, 1.165) is 5.76 Å².